The van der Waals surface area contributed by atoms with Gasteiger partial charge in [-0.25, -0.2) is 13.1 Å². The summed E-state index contributed by atoms with van der Waals surface area (Å²) in [5, 5.41) is 0. The lowest BCUT2D eigenvalue weighted by molar-refractivity contribution is -0.137. The molecule has 0 spiro atoms. The standard InChI is InChI=1S/C17H17F3N2O2S/c1-25(23,24)21-14-10-12-4-2-3-5-16(12)22(11-14)15-8-6-13(7-9-15)17(18,19)20/h2-9,14,21H,10-11H2,1H3. The van der Waals surface area contributed by atoms with Gasteiger partial charge in [0.05, 0.1) is 11.8 Å². The van der Waals surface area contributed by atoms with Gasteiger partial charge in [0.1, 0.15) is 0 Å². The normalized spacial score (nSPS) is 18.1. The van der Waals surface area contributed by atoms with E-state index in [1.807, 2.05) is 29.2 Å². The van der Waals surface area contributed by atoms with E-state index in [2.05, 4.69) is 4.72 Å². The summed E-state index contributed by atoms with van der Waals surface area (Å²) in [5.74, 6) is 0. The number of nitrogens with one attached hydrogen (secondary N) is 1. The van der Waals surface area contributed by atoms with Crippen LogP contribution in [0.1, 0.15) is 11.1 Å². The summed E-state index contributed by atoms with van der Waals surface area (Å²) in [6, 6.07) is 12.0. The maximum atomic E-state index is 12.8. The molecule has 25 heavy (non-hydrogen) atoms. The van der Waals surface area contributed by atoms with E-state index in [0.717, 1.165) is 29.6 Å². The second-order valence-corrected chi connectivity index (χ2v) is 7.86. The molecule has 2 aromatic rings. The molecule has 1 N–H and O–H groups in total. The fraction of sp³-hybridized carbons (Fsp3) is 0.294. The molecule has 0 amide bonds. The molecule has 1 unspecified atom stereocenters. The number of halogens is 3. The molecule has 3 rings (SSSR count). The lowest BCUT2D eigenvalue weighted by Gasteiger charge is -2.36. The molecule has 0 saturated carbocycles. The Kier molecular flexibility index (Phi) is 4.51. The van der Waals surface area contributed by atoms with Gasteiger partial charge in [-0.1, -0.05) is 18.2 Å². The molecule has 0 aromatic heterocycles. The Morgan fingerprint density at radius 2 is 1.72 bits per heavy atom. The molecule has 1 heterocycles. The van der Waals surface area contributed by atoms with Crippen LogP contribution in [-0.4, -0.2) is 27.3 Å². The van der Waals surface area contributed by atoms with Gasteiger partial charge >= 0.3 is 6.18 Å². The van der Waals surface area contributed by atoms with E-state index < -0.39 is 21.8 Å². The first-order valence-corrected chi connectivity index (χ1v) is 9.52. The number of sulfonamides is 1. The van der Waals surface area contributed by atoms with Crippen LogP contribution in [0.3, 0.4) is 0 Å². The van der Waals surface area contributed by atoms with Crippen LogP contribution in [0.2, 0.25) is 0 Å². The Morgan fingerprint density at radius 1 is 1.08 bits per heavy atom. The zero-order chi connectivity index (χ0) is 18.2. The Hall–Kier alpha value is -2.06. The summed E-state index contributed by atoms with van der Waals surface area (Å²) in [7, 11) is -3.38. The Balaban J connectivity index is 1.96. The highest BCUT2D eigenvalue weighted by molar-refractivity contribution is 7.88. The van der Waals surface area contributed by atoms with E-state index in [-0.39, 0.29) is 6.04 Å². The quantitative estimate of drug-likeness (QED) is 0.902. The van der Waals surface area contributed by atoms with E-state index >= 15 is 0 Å². The zero-order valence-electron chi connectivity index (χ0n) is 13.4. The van der Waals surface area contributed by atoms with Gasteiger partial charge in [-0.05, 0) is 42.3 Å². The van der Waals surface area contributed by atoms with Crippen LogP contribution in [-0.2, 0) is 22.6 Å². The summed E-state index contributed by atoms with van der Waals surface area (Å²) in [4.78, 5) is 1.84. The summed E-state index contributed by atoms with van der Waals surface area (Å²) < 4.78 is 64.0. The third-order valence-corrected chi connectivity index (χ3v) is 4.80. The van der Waals surface area contributed by atoms with E-state index in [4.69, 9.17) is 0 Å². The molecule has 0 saturated heterocycles. The van der Waals surface area contributed by atoms with Crippen LogP contribution in [0.4, 0.5) is 24.5 Å². The fourth-order valence-electron chi connectivity index (χ4n) is 3.05. The van der Waals surface area contributed by atoms with Gasteiger partial charge in [0.2, 0.25) is 10.0 Å². The highest BCUT2D eigenvalue weighted by atomic mass is 32.2. The van der Waals surface area contributed by atoms with E-state index in [1.54, 1.807) is 0 Å². The predicted molar refractivity (Wildman–Crippen MR) is 90.4 cm³/mol. The second-order valence-electron chi connectivity index (χ2n) is 6.08. The van der Waals surface area contributed by atoms with E-state index in [1.165, 1.54) is 12.1 Å². The minimum Gasteiger partial charge on any atom is -0.340 e. The van der Waals surface area contributed by atoms with Crippen molar-refractivity contribution in [1.29, 1.82) is 0 Å². The van der Waals surface area contributed by atoms with Crippen LogP contribution in [0.15, 0.2) is 48.5 Å². The Morgan fingerprint density at radius 3 is 2.32 bits per heavy atom. The number of anilines is 2. The van der Waals surface area contributed by atoms with Crippen molar-refractivity contribution in [3.63, 3.8) is 0 Å². The lowest BCUT2D eigenvalue weighted by atomic mass is 9.97. The van der Waals surface area contributed by atoms with Crippen LogP contribution in [0.5, 0.6) is 0 Å². The number of alkyl halides is 3. The largest absolute Gasteiger partial charge is 0.416 e. The summed E-state index contributed by atoms with van der Waals surface area (Å²) in [6.45, 7) is 0.343. The van der Waals surface area contributed by atoms with Crippen LogP contribution < -0.4 is 9.62 Å². The van der Waals surface area contributed by atoms with Gasteiger partial charge in [-0.15, -0.1) is 0 Å². The Labute approximate surface area is 144 Å². The summed E-state index contributed by atoms with van der Waals surface area (Å²) >= 11 is 0. The highest BCUT2D eigenvalue weighted by Crippen LogP contribution is 2.35. The van der Waals surface area contributed by atoms with Gasteiger partial charge in [0, 0.05) is 24.0 Å². The van der Waals surface area contributed by atoms with E-state index in [0.29, 0.717) is 18.7 Å². The molecule has 8 heteroatoms. The molecule has 0 radical (unpaired) electrons. The first-order valence-electron chi connectivity index (χ1n) is 7.63. The number of nitrogens with zero attached hydrogens (tertiary/aromatic N) is 1. The van der Waals surface area contributed by atoms with Crippen molar-refractivity contribution in [3.8, 4) is 0 Å². The SMILES string of the molecule is CS(=O)(=O)NC1Cc2ccccc2N(c2ccc(C(F)(F)F)cc2)C1. The first-order chi connectivity index (χ1) is 11.6. The predicted octanol–water partition coefficient (Wildman–Crippen LogP) is 3.32. The van der Waals surface area contributed by atoms with Crippen molar-refractivity contribution >= 4 is 21.4 Å². The summed E-state index contributed by atoms with van der Waals surface area (Å²) in [6.07, 6.45) is -2.77. The smallest absolute Gasteiger partial charge is 0.340 e. The molecular weight excluding hydrogens is 353 g/mol. The van der Waals surface area contributed by atoms with Gasteiger partial charge < -0.3 is 4.90 Å². The minimum atomic E-state index is -4.39. The average molecular weight is 370 g/mol. The third kappa shape index (κ3) is 4.13. The highest BCUT2D eigenvalue weighted by Gasteiger charge is 2.31. The van der Waals surface area contributed by atoms with Crippen molar-refractivity contribution < 1.29 is 21.6 Å². The van der Waals surface area contributed by atoms with Crippen molar-refractivity contribution in [2.45, 2.75) is 18.6 Å². The number of fused-ring (bicyclic) bond motifs is 1. The molecule has 0 bridgehead atoms. The van der Waals surface area contributed by atoms with Crippen molar-refractivity contribution in [1.82, 2.24) is 4.72 Å². The molecular formula is C17H17F3N2O2S. The molecule has 1 aliphatic rings. The topological polar surface area (TPSA) is 49.4 Å². The van der Waals surface area contributed by atoms with Crippen LogP contribution in [0, 0.1) is 0 Å². The monoisotopic (exact) mass is 370 g/mol. The van der Waals surface area contributed by atoms with Gasteiger partial charge in [0.25, 0.3) is 0 Å². The zero-order valence-corrected chi connectivity index (χ0v) is 14.2. The maximum absolute atomic E-state index is 12.8. The molecule has 4 nitrogen and oxygen atoms in total. The molecule has 134 valence electrons. The third-order valence-electron chi connectivity index (χ3n) is 4.04. The molecule has 2 aromatic carbocycles. The van der Waals surface area contributed by atoms with E-state index in [9.17, 15) is 21.6 Å². The number of benzene rings is 2. The van der Waals surface area contributed by atoms with Gasteiger partial charge in [-0.2, -0.15) is 13.2 Å². The fourth-order valence-corrected chi connectivity index (χ4v) is 3.82. The maximum Gasteiger partial charge on any atom is 0.416 e. The molecule has 1 aliphatic heterocycles. The van der Waals surface area contributed by atoms with Crippen LogP contribution >= 0.6 is 0 Å². The Bertz CT molecular complexity index is 864. The van der Waals surface area contributed by atoms with Gasteiger partial charge in [-0.3, -0.25) is 0 Å². The van der Waals surface area contributed by atoms with Crippen molar-refractivity contribution in [2.75, 3.05) is 17.7 Å². The van der Waals surface area contributed by atoms with Crippen LogP contribution in [0.25, 0.3) is 0 Å². The van der Waals surface area contributed by atoms with Gasteiger partial charge in [0.15, 0.2) is 0 Å². The minimum absolute atomic E-state index is 0.343. The number of hydrogen-bond acceptors (Lipinski definition) is 3. The van der Waals surface area contributed by atoms with Crippen molar-refractivity contribution in [3.05, 3.63) is 59.7 Å². The first kappa shape index (κ1) is 17.8. The lowest BCUT2D eigenvalue weighted by Crippen LogP contribution is -2.46. The van der Waals surface area contributed by atoms with Crippen molar-refractivity contribution in [2.24, 2.45) is 0 Å². The second kappa shape index (κ2) is 6.34. The number of rotatable bonds is 3. The summed E-state index contributed by atoms with van der Waals surface area (Å²) in [5.41, 5.74) is 1.68. The molecule has 0 aliphatic carbocycles. The molecule has 0 fully saturated rings. The number of hydrogen-bond donors (Lipinski definition) is 1. The molecule has 1 atom stereocenters. The number of para-hydroxylation sites is 1. The average Bonchev–Trinajstić information content (AvgIpc) is 2.52.